The van der Waals surface area contributed by atoms with E-state index in [-0.39, 0.29) is 6.10 Å². The molecular weight excluding hydrogens is 268 g/mol. The summed E-state index contributed by atoms with van der Waals surface area (Å²) in [5, 5.41) is 0. The zero-order chi connectivity index (χ0) is 15.2. The molecule has 2 N–H and O–H groups in total. The number of rotatable bonds is 6. The van der Waals surface area contributed by atoms with Crippen LogP contribution >= 0.6 is 0 Å². The number of nitrogens with zero attached hydrogens (tertiary/aromatic N) is 1. The average molecular weight is 288 g/mol. The van der Waals surface area contributed by atoms with E-state index in [1.165, 1.54) is 0 Å². The molecule has 5 nitrogen and oxygen atoms in total. The summed E-state index contributed by atoms with van der Waals surface area (Å²) in [6.45, 7) is 6.38. The van der Waals surface area contributed by atoms with Crippen molar-refractivity contribution < 1.29 is 14.2 Å². The van der Waals surface area contributed by atoms with E-state index in [0.29, 0.717) is 29.8 Å². The molecule has 0 aliphatic rings. The van der Waals surface area contributed by atoms with E-state index in [1.807, 2.05) is 45.0 Å². The van der Waals surface area contributed by atoms with Gasteiger partial charge in [-0.1, -0.05) is 6.07 Å². The van der Waals surface area contributed by atoms with Crippen molar-refractivity contribution in [2.75, 3.05) is 12.3 Å². The van der Waals surface area contributed by atoms with E-state index >= 15 is 0 Å². The quantitative estimate of drug-likeness (QED) is 0.879. The second-order valence-corrected chi connectivity index (χ2v) is 4.72. The number of ether oxygens (including phenoxy) is 3. The van der Waals surface area contributed by atoms with Crippen molar-refractivity contribution in [2.45, 2.75) is 26.9 Å². The molecule has 0 radical (unpaired) electrons. The minimum Gasteiger partial charge on any atom is -0.494 e. The Labute approximate surface area is 124 Å². The van der Waals surface area contributed by atoms with Crippen LogP contribution in [0.4, 0.5) is 5.69 Å². The molecule has 0 aliphatic heterocycles. The summed E-state index contributed by atoms with van der Waals surface area (Å²) in [6, 6.07) is 10.8. The van der Waals surface area contributed by atoms with Crippen molar-refractivity contribution in [1.29, 1.82) is 0 Å². The van der Waals surface area contributed by atoms with Gasteiger partial charge in [-0.15, -0.1) is 0 Å². The Morgan fingerprint density at radius 2 is 1.90 bits per heavy atom. The van der Waals surface area contributed by atoms with E-state index in [4.69, 9.17) is 19.9 Å². The number of nitrogens with two attached hydrogens (primary N) is 1. The van der Waals surface area contributed by atoms with Gasteiger partial charge in [0.05, 0.1) is 18.4 Å². The van der Waals surface area contributed by atoms with Gasteiger partial charge in [0.2, 0.25) is 11.8 Å². The standard InChI is InChI=1S/C16H20N2O3/c1-4-19-12-6-5-7-13(10-12)21-15-9-8-14(17)16(18-15)20-11(2)3/h5-11H,4,17H2,1-3H3. The van der Waals surface area contributed by atoms with Gasteiger partial charge in [-0.25, -0.2) is 0 Å². The third kappa shape index (κ3) is 4.27. The lowest BCUT2D eigenvalue weighted by atomic mass is 10.3. The van der Waals surface area contributed by atoms with Crippen LogP contribution in [0.1, 0.15) is 20.8 Å². The van der Waals surface area contributed by atoms with E-state index in [2.05, 4.69) is 4.98 Å². The molecule has 112 valence electrons. The molecule has 0 saturated carbocycles. The minimum absolute atomic E-state index is 0.00340. The predicted molar refractivity (Wildman–Crippen MR) is 82.1 cm³/mol. The molecule has 5 heteroatoms. The molecule has 0 bridgehead atoms. The fraction of sp³-hybridized carbons (Fsp3) is 0.312. The smallest absolute Gasteiger partial charge is 0.240 e. The van der Waals surface area contributed by atoms with E-state index < -0.39 is 0 Å². The number of hydrogen-bond donors (Lipinski definition) is 1. The van der Waals surface area contributed by atoms with Crippen LogP contribution in [-0.4, -0.2) is 17.7 Å². The maximum absolute atomic E-state index is 5.83. The third-order valence-corrected chi connectivity index (χ3v) is 2.55. The lowest BCUT2D eigenvalue weighted by Gasteiger charge is -2.12. The summed E-state index contributed by atoms with van der Waals surface area (Å²) in [5.41, 5.74) is 6.32. The van der Waals surface area contributed by atoms with Crippen LogP contribution in [0.3, 0.4) is 0 Å². The van der Waals surface area contributed by atoms with Crippen LogP contribution in [0, 0.1) is 0 Å². The average Bonchev–Trinajstić information content (AvgIpc) is 2.43. The normalized spacial score (nSPS) is 10.5. The molecule has 1 aromatic heterocycles. The lowest BCUT2D eigenvalue weighted by molar-refractivity contribution is 0.232. The van der Waals surface area contributed by atoms with Gasteiger partial charge in [0.1, 0.15) is 11.5 Å². The molecule has 2 aromatic rings. The predicted octanol–water partition coefficient (Wildman–Crippen LogP) is 3.64. The number of aromatic nitrogens is 1. The minimum atomic E-state index is -0.00340. The van der Waals surface area contributed by atoms with Gasteiger partial charge < -0.3 is 19.9 Å². The van der Waals surface area contributed by atoms with Crippen molar-refractivity contribution >= 4 is 5.69 Å². The molecular formula is C16H20N2O3. The maximum atomic E-state index is 5.83. The van der Waals surface area contributed by atoms with Gasteiger partial charge in [0.15, 0.2) is 0 Å². The first-order chi connectivity index (χ1) is 10.1. The molecule has 0 unspecified atom stereocenters. The summed E-state index contributed by atoms with van der Waals surface area (Å²) >= 11 is 0. The first-order valence-corrected chi connectivity index (χ1v) is 6.92. The van der Waals surface area contributed by atoms with Gasteiger partial charge in [0, 0.05) is 12.1 Å². The Balaban J connectivity index is 2.17. The first-order valence-electron chi connectivity index (χ1n) is 6.92. The summed E-state index contributed by atoms with van der Waals surface area (Å²) in [7, 11) is 0. The lowest BCUT2D eigenvalue weighted by Crippen LogP contribution is -2.09. The van der Waals surface area contributed by atoms with Gasteiger partial charge >= 0.3 is 0 Å². The number of nitrogen functional groups attached to an aromatic ring is 1. The SMILES string of the molecule is CCOc1cccc(Oc2ccc(N)c(OC(C)C)n2)c1. The molecule has 0 aliphatic carbocycles. The summed E-state index contributed by atoms with van der Waals surface area (Å²) in [5.74, 6) is 2.20. The highest BCUT2D eigenvalue weighted by Gasteiger charge is 2.08. The summed E-state index contributed by atoms with van der Waals surface area (Å²) in [4.78, 5) is 4.27. The fourth-order valence-electron chi connectivity index (χ4n) is 1.72. The molecule has 1 aromatic carbocycles. The molecule has 0 atom stereocenters. The van der Waals surface area contributed by atoms with Crippen molar-refractivity contribution in [3.8, 4) is 23.3 Å². The Kier molecular flexibility index (Phi) is 4.87. The number of benzene rings is 1. The molecule has 0 fully saturated rings. The highest BCUT2D eigenvalue weighted by Crippen LogP contribution is 2.28. The van der Waals surface area contributed by atoms with Gasteiger partial charge in [-0.2, -0.15) is 4.98 Å². The van der Waals surface area contributed by atoms with Crippen LogP contribution in [0.5, 0.6) is 23.3 Å². The topological polar surface area (TPSA) is 66.6 Å². The van der Waals surface area contributed by atoms with Crippen molar-refractivity contribution in [2.24, 2.45) is 0 Å². The Hall–Kier alpha value is -2.43. The molecule has 2 rings (SSSR count). The van der Waals surface area contributed by atoms with Gasteiger partial charge in [0.25, 0.3) is 0 Å². The number of anilines is 1. The van der Waals surface area contributed by atoms with E-state index in [0.717, 1.165) is 5.75 Å². The number of pyridine rings is 1. The summed E-state index contributed by atoms with van der Waals surface area (Å²) in [6.07, 6.45) is -0.00340. The maximum Gasteiger partial charge on any atom is 0.240 e. The van der Waals surface area contributed by atoms with Crippen molar-refractivity contribution in [3.63, 3.8) is 0 Å². The third-order valence-electron chi connectivity index (χ3n) is 2.55. The Morgan fingerprint density at radius 3 is 2.62 bits per heavy atom. The van der Waals surface area contributed by atoms with E-state index in [1.54, 1.807) is 12.1 Å². The number of hydrogen-bond acceptors (Lipinski definition) is 5. The Morgan fingerprint density at radius 1 is 1.14 bits per heavy atom. The zero-order valence-corrected chi connectivity index (χ0v) is 12.5. The van der Waals surface area contributed by atoms with Crippen LogP contribution in [0.15, 0.2) is 36.4 Å². The molecule has 21 heavy (non-hydrogen) atoms. The van der Waals surface area contributed by atoms with Crippen LogP contribution in [0.25, 0.3) is 0 Å². The second-order valence-electron chi connectivity index (χ2n) is 4.72. The largest absolute Gasteiger partial charge is 0.494 e. The van der Waals surface area contributed by atoms with Gasteiger partial charge in [-0.3, -0.25) is 0 Å². The molecule has 0 spiro atoms. The summed E-state index contributed by atoms with van der Waals surface area (Å²) < 4.78 is 16.7. The first kappa shape index (κ1) is 15.0. The molecule has 0 saturated heterocycles. The molecule has 1 heterocycles. The zero-order valence-electron chi connectivity index (χ0n) is 12.5. The highest BCUT2D eigenvalue weighted by atomic mass is 16.5. The Bertz CT molecular complexity index is 600. The monoisotopic (exact) mass is 288 g/mol. The van der Waals surface area contributed by atoms with E-state index in [9.17, 15) is 0 Å². The van der Waals surface area contributed by atoms with Crippen LogP contribution in [0.2, 0.25) is 0 Å². The van der Waals surface area contributed by atoms with Gasteiger partial charge in [-0.05, 0) is 39.0 Å². The van der Waals surface area contributed by atoms with Crippen molar-refractivity contribution in [1.82, 2.24) is 4.98 Å². The highest BCUT2D eigenvalue weighted by molar-refractivity contribution is 5.50. The van der Waals surface area contributed by atoms with Crippen LogP contribution < -0.4 is 19.9 Å². The fourth-order valence-corrected chi connectivity index (χ4v) is 1.72. The second kappa shape index (κ2) is 6.83. The van der Waals surface area contributed by atoms with Crippen molar-refractivity contribution in [3.05, 3.63) is 36.4 Å². The van der Waals surface area contributed by atoms with Crippen LogP contribution in [-0.2, 0) is 0 Å². The molecule has 0 amide bonds.